The molecule has 0 aliphatic heterocycles. The van der Waals surface area contributed by atoms with Gasteiger partial charge in [-0.05, 0) is 0 Å². The summed E-state index contributed by atoms with van der Waals surface area (Å²) in [6, 6.07) is 1.80. The first-order valence-corrected chi connectivity index (χ1v) is 2.94. The first-order chi connectivity index (χ1) is 4.86. The minimum Gasteiger partial charge on any atom is -0.305 e. The number of aromatic nitrogens is 3. The summed E-state index contributed by atoms with van der Waals surface area (Å²) in [7, 11) is 0. The van der Waals surface area contributed by atoms with E-state index in [0.717, 1.165) is 11.0 Å². The van der Waals surface area contributed by atoms with Crippen LogP contribution in [0.2, 0.25) is 0 Å². The van der Waals surface area contributed by atoms with Gasteiger partial charge in [-0.2, -0.15) is 0 Å². The molecule has 2 aromatic heterocycles. The van der Waals surface area contributed by atoms with Crippen LogP contribution in [0.4, 0.5) is 0 Å². The van der Waals surface area contributed by atoms with Gasteiger partial charge in [0.25, 0.3) is 0 Å². The molecular formula is C6H6N3O+. The summed E-state index contributed by atoms with van der Waals surface area (Å²) in [5.74, 6) is 0. The van der Waals surface area contributed by atoms with E-state index >= 15 is 0 Å². The highest BCUT2D eigenvalue weighted by Gasteiger charge is 1.96. The van der Waals surface area contributed by atoms with Crippen molar-refractivity contribution in [2.24, 2.45) is 0 Å². The molecule has 10 heavy (non-hydrogen) atoms. The summed E-state index contributed by atoms with van der Waals surface area (Å²) < 4.78 is 0. The number of imidazole rings is 1. The van der Waals surface area contributed by atoms with Crippen molar-refractivity contribution in [1.82, 2.24) is 9.97 Å². The second kappa shape index (κ2) is 1.70. The van der Waals surface area contributed by atoms with Gasteiger partial charge in [-0.3, -0.25) is 0 Å². The van der Waals surface area contributed by atoms with Gasteiger partial charge in [-0.25, -0.2) is 9.78 Å². The van der Waals surface area contributed by atoms with Gasteiger partial charge in [0, 0.05) is 6.07 Å². The highest BCUT2D eigenvalue weighted by Crippen LogP contribution is 1.98. The molecule has 0 bridgehead atoms. The number of hydrogen-bond donors (Lipinski definition) is 2. The third-order valence-corrected chi connectivity index (χ3v) is 1.36. The smallest absolute Gasteiger partial charge is 0.305 e. The van der Waals surface area contributed by atoms with Crippen molar-refractivity contribution in [2.45, 2.75) is 0 Å². The molecule has 0 radical (unpaired) electrons. The van der Waals surface area contributed by atoms with Gasteiger partial charge < -0.3 is 9.97 Å². The Morgan fingerprint density at radius 3 is 2.90 bits per heavy atom. The molecule has 0 spiro atoms. The number of nitrogens with one attached hydrogen (secondary N) is 3. The van der Waals surface area contributed by atoms with E-state index in [4.69, 9.17) is 0 Å². The average molecular weight is 136 g/mol. The van der Waals surface area contributed by atoms with Gasteiger partial charge >= 0.3 is 5.69 Å². The van der Waals surface area contributed by atoms with Crippen LogP contribution in [-0.2, 0) is 0 Å². The minimum atomic E-state index is -0.172. The fraction of sp³-hybridized carbons (Fsp3) is 0. The number of hydrogen-bond acceptors (Lipinski definition) is 1. The summed E-state index contributed by atoms with van der Waals surface area (Å²) in [6.07, 6.45) is 3.49. The number of fused-ring (bicyclic) bond motifs is 1. The maximum atomic E-state index is 10.7. The molecule has 0 saturated heterocycles. The first-order valence-electron chi connectivity index (χ1n) is 2.94. The zero-order chi connectivity index (χ0) is 6.97. The number of H-pyrrole nitrogens is 3. The van der Waals surface area contributed by atoms with Crippen LogP contribution in [0.25, 0.3) is 11.0 Å². The van der Waals surface area contributed by atoms with E-state index in [1.807, 2.05) is 0 Å². The number of pyridine rings is 1. The van der Waals surface area contributed by atoms with Gasteiger partial charge in [0.2, 0.25) is 0 Å². The lowest BCUT2D eigenvalue weighted by atomic mass is 10.4. The summed E-state index contributed by atoms with van der Waals surface area (Å²) in [5.41, 5.74) is 1.45. The van der Waals surface area contributed by atoms with Crippen LogP contribution < -0.4 is 10.7 Å². The molecule has 0 aliphatic rings. The lowest BCUT2D eigenvalue weighted by Gasteiger charge is -1.76. The van der Waals surface area contributed by atoms with Crippen LogP contribution in [0, 0.1) is 0 Å². The maximum Gasteiger partial charge on any atom is 0.323 e. The van der Waals surface area contributed by atoms with Crippen LogP contribution >= 0.6 is 0 Å². The van der Waals surface area contributed by atoms with E-state index in [0.29, 0.717) is 0 Å². The molecule has 2 heterocycles. The second-order valence-corrected chi connectivity index (χ2v) is 2.05. The second-order valence-electron chi connectivity index (χ2n) is 2.05. The molecule has 2 aromatic rings. The molecule has 0 atom stereocenters. The van der Waals surface area contributed by atoms with Gasteiger partial charge in [-0.15, -0.1) is 0 Å². The van der Waals surface area contributed by atoms with Crippen molar-refractivity contribution in [2.75, 3.05) is 0 Å². The van der Waals surface area contributed by atoms with Gasteiger partial charge in [0.15, 0.2) is 12.4 Å². The van der Waals surface area contributed by atoms with Gasteiger partial charge in [-0.1, -0.05) is 0 Å². The Labute approximate surface area is 55.9 Å². The highest BCUT2D eigenvalue weighted by atomic mass is 16.1. The highest BCUT2D eigenvalue weighted by molar-refractivity contribution is 5.71. The van der Waals surface area contributed by atoms with E-state index in [-0.39, 0.29) is 5.69 Å². The monoisotopic (exact) mass is 136 g/mol. The maximum absolute atomic E-state index is 10.7. The van der Waals surface area contributed by atoms with Crippen molar-refractivity contribution < 1.29 is 4.98 Å². The molecule has 0 saturated carbocycles. The Kier molecular flexibility index (Phi) is 0.887. The summed E-state index contributed by atoms with van der Waals surface area (Å²) in [6.45, 7) is 0. The SMILES string of the molecule is O=c1[nH]c2cc[nH+]cc2[nH]1. The summed E-state index contributed by atoms with van der Waals surface area (Å²) in [4.78, 5) is 18.8. The van der Waals surface area contributed by atoms with Crippen molar-refractivity contribution in [1.29, 1.82) is 0 Å². The first kappa shape index (κ1) is 5.22. The molecule has 4 heteroatoms. The molecular weight excluding hydrogens is 130 g/mol. The Balaban J connectivity index is 3.01. The molecule has 3 N–H and O–H groups in total. The summed E-state index contributed by atoms with van der Waals surface area (Å²) >= 11 is 0. The van der Waals surface area contributed by atoms with Crippen molar-refractivity contribution in [3.8, 4) is 0 Å². The van der Waals surface area contributed by atoms with E-state index < -0.39 is 0 Å². The topological polar surface area (TPSA) is 62.8 Å². The predicted molar refractivity (Wildman–Crippen MR) is 35.5 cm³/mol. The van der Waals surface area contributed by atoms with Crippen LogP contribution in [0.1, 0.15) is 0 Å². The quantitative estimate of drug-likeness (QED) is 0.511. The fourth-order valence-electron chi connectivity index (χ4n) is 0.919. The van der Waals surface area contributed by atoms with Gasteiger partial charge in [0.1, 0.15) is 5.52 Å². The standard InChI is InChI=1S/C6H5N3O/c10-6-8-4-1-2-7-3-5(4)9-6/h1-3H,(H2,8,9,10)/p+1. The van der Waals surface area contributed by atoms with E-state index in [2.05, 4.69) is 15.0 Å². The van der Waals surface area contributed by atoms with E-state index in [1.54, 1.807) is 18.5 Å². The minimum absolute atomic E-state index is 0.172. The molecule has 0 aromatic carbocycles. The third-order valence-electron chi connectivity index (χ3n) is 1.36. The van der Waals surface area contributed by atoms with Crippen molar-refractivity contribution in [3.63, 3.8) is 0 Å². The number of rotatable bonds is 0. The van der Waals surface area contributed by atoms with E-state index in [1.165, 1.54) is 0 Å². The largest absolute Gasteiger partial charge is 0.323 e. The molecule has 50 valence electrons. The molecule has 0 unspecified atom stereocenters. The molecule has 0 fully saturated rings. The van der Waals surface area contributed by atoms with Crippen LogP contribution in [0.5, 0.6) is 0 Å². The zero-order valence-corrected chi connectivity index (χ0v) is 5.14. The van der Waals surface area contributed by atoms with Crippen LogP contribution in [0.15, 0.2) is 23.3 Å². The Hall–Kier alpha value is -1.58. The summed E-state index contributed by atoms with van der Waals surface area (Å²) in [5, 5.41) is 0. The normalized spacial score (nSPS) is 10.4. The number of aromatic amines is 3. The van der Waals surface area contributed by atoms with E-state index in [9.17, 15) is 4.79 Å². The van der Waals surface area contributed by atoms with Crippen LogP contribution in [0.3, 0.4) is 0 Å². The van der Waals surface area contributed by atoms with Crippen LogP contribution in [-0.4, -0.2) is 9.97 Å². The Morgan fingerprint density at radius 2 is 2.10 bits per heavy atom. The zero-order valence-electron chi connectivity index (χ0n) is 5.14. The van der Waals surface area contributed by atoms with Gasteiger partial charge in [0.05, 0.1) is 5.52 Å². The fourth-order valence-corrected chi connectivity index (χ4v) is 0.919. The van der Waals surface area contributed by atoms with Crippen molar-refractivity contribution >= 4 is 11.0 Å². The lowest BCUT2D eigenvalue weighted by molar-refractivity contribution is -0.376. The Bertz CT molecular complexity index is 364. The lowest BCUT2D eigenvalue weighted by Crippen LogP contribution is -1.99. The molecule has 4 nitrogen and oxygen atoms in total. The molecule has 2 rings (SSSR count). The predicted octanol–water partition coefficient (Wildman–Crippen LogP) is -0.330. The third kappa shape index (κ3) is 0.621. The molecule has 0 amide bonds. The molecule has 0 aliphatic carbocycles. The van der Waals surface area contributed by atoms with Crippen molar-refractivity contribution in [3.05, 3.63) is 28.9 Å². The Morgan fingerprint density at radius 1 is 1.30 bits per heavy atom. The average Bonchev–Trinajstić information content (AvgIpc) is 2.27.